The number of hydrogen-bond acceptors (Lipinski definition) is 3. The van der Waals surface area contributed by atoms with E-state index in [0.717, 1.165) is 43.6 Å². The summed E-state index contributed by atoms with van der Waals surface area (Å²) in [6.45, 7) is 2.95. The molecule has 1 N–H and O–H groups in total. The van der Waals surface area contributed by atoms with Gasteiger partial charge in [-0.25, -0.2) is 4.39 Å². The molecule has 2 heterocycles. The zero-order valence-electron chi connectivity index (χ0n) is 15.3. The number of pyridine rings is 1. The van der Waals surface area contributed by atoms with Gasteiger partial charge in [0.1, 0.15) is 5.82 Å². The standard InChI is InChI=1S/C23H24FN3/c24-21-5-1-3-19(15-21)20-4-2-6-23(16-20)27-13-9-22(10-14-27)26-17-18-7-11-25-12-8-18/h1-8,11-12,15-16,22,26H,9-10,13-14,17H2. The van der Waals surface area contributed by atoms with Crippen molar-refractivity contribution in [2.45, 2.75) is 25.4 Å². The maximum absolute atomic E-state index is 13.5. The molecule has 0 atom stereocenters. The molecule has 1 saturated heterocycles. The fraction of sp³-hybridized carbons (Fsp3) is 0.261. The number of nitrogens with zero attached hydrogens (tertiary/aromatic N) is 2. The number of hydrogen-bond donors (Lipinski definition) is 1. The second-order valence-electron chi connectivity index (χ2n) is 7.06. The Morgan fingerprint density at radius 1 is 0.926 bits per heavy atom. The Hall–Kier alpha value is -2.72. The van der Waals surface area contributed by atoms with Gasteiger partial charge in [-0.2, -0.15) is 0 Å². The van der Waals surface area contributed by atoms with Crippen LogP contribution in [0.1, 0.15) is 18.4 Å². The maximum Gasteiger partial charge on any atom is 0.123 e. The van der Waals surface area contributed by atoms with Crippen LogP contribution in [-0.4, -0.2) is 24.1 Å². The minimum Gasteiger partial charge on any atom is -0.371 e. The number of anilines is 1. The van der Waals surface area contributed by atoms with Crippen LogP contribution in [0.5, 0.6) is 0 Å². The summed E-state index contributed by atoms with van der Waals surface area (Å²) < 4.78 is 13.5. The first-order chi connectivity index (χ1) is 13.3. The number of aromatic nitrogens is 1. The zero-order chi connectivity index (χ0) is 18.5. The van der Waals surface area contributed by atoms with Gasteiger partial charge in [0, 0.05) is 43.8 Å². The molecular weight excluding hydrogens is 337 g/mol. The first kappa shape index (κ1) is 17.7. The van der Waals surface area contributed by atoms with Gasteiger partial charge in [-0.1, -0.05) is 24.3 Å². The van der Waals surface area contributed by atoms with Crippen LogP contribution in [0.15, 0.2) is 73.1 Å². The molecule has 2 aromatic carbocycles. The number of piperidine rings is 1. The molecular formula is C23H24FN3. The van der Waals surface area contributed by atoms with Crippen LogP contribution in [0, 0.1) is 5.82 Å². The van der Waals surface area contributed by atoms with E-state index in [2.05, 4.69) is 45.5 Å². The van der Waals surface area contributed by atoms with Crippen LogP contribution in [-0.2, 0) is 6.54 Å². The number of benzene rings is 2. The summed E-state index contributed by atoms with van der Waals surface area (Å²) in [6.07, 6.45) is 5.92. The Kier molecular flexibility index (Phi) is 5.45. The zero-order valence-corrected chi connectivity index (χ0v) is 15.3. The Bertz CT molecular complexity index is 874. The van der Waals surface area contributed by atoms with E-state index in [1.165, 1.54) is 17.3 Å². The molecule has 4 heteroatoms. The van der Waals surface area contributed by atoms with E-state index in [4.69, 9.17) is 0 Å². The molecule has 0 amide bonds. The Morgan fingerprint density at radius 3 is 2.37 bits per heavy atom. The van der Waals surface area contributed by atoms with E-state index in [1.54, 1.807) is 12.1 Å². The molecule has 0 radical (unpaired) electrons. The summed E-state index contributed by atoms with van der Waals surface area (Å²) >= 11 is 0. The van der Waals surface area contributed by atoms with Crippen molar-refractivity contribution in [2.75, 3.05) is 18.0 Å². The Morgan fingerprint density at radius 2 is 1.63 bits per heavy atom. The van der Waals surface area contributed by atoms with Crippen molar-refractivity contribution in [1.29, 1.82) is 0 Å². The van der Waals surface area contributed by atoms with E-state index in [0.29, 0.717) is 6.04 Å². The lowest BCUT2D eigenvalue weighted by Gasteiger charge is -2.34. The first-order valence-corrected chi connectivity index (χ1v) is 9.51. The number of halogens is 1. The molecule has 1 aromatic heterocycles. The van der Waals surface area contributed by atoms with Crippen molar-refractivity contribution in [3.05, 3.63) is 84.4 Å². The van der Waals surface area contributed by atoms with Crippen LogP contribution in [0.4, 0.5) is 10.1 Å². The molecule has 138 valence electrons. The summed E-state index contributed by atoms with van der Waals surface area (Å²) in [6, 6.07) is 19.9. The molecule has 0 bridgehead atoms. The maximum atomic E-state index is 13.5. The van der Waals surface area contributed by atoms with Crippen LogP contribution < -0.4 is 10.2 Å². The minimum absolute atomic E-state index is 0.195. The third-order valence-electron chi connectivity index (χ3n) is 5.21. The highest BCUT2D eigenvalue weighted by molar-refractivity contribution is 5.68. The Balaban J connectivity index is 1.36. The van der Waals surface area contributed by atoms with Crippen molar-refractivity contribution in [2.24, 2.45) is 0 Å². The predicted molar refractivity (Wildman–Crippen MR) is 108 cm³/mol. The fourth-order valence-corrected chi connectivity index (χ4v) is 3.65. The normalized spacial score (nSPS) is 15.1. The molecule has 0 aliphatic carbocycles. The second-order valence-corrected chi connectivity index (χ2v) is 7.06. The molecule has 3 nitrogen and oxygen atoms in total. The third-order valence-corrected chi connectivity index (χ3v) is 5.21. The average molecular weight is 361 g/mol. The van der Waals surface area contributed by atoms with Crippen molar-refractivity contribution >= 4 is 5.69 Å². The highest BCUT2D eigenvalue weighted by Crippen LogP contribution is 2.27. The van der Waals surface area contributed by atoms with E-state index in [1.807, 2.05) is 24.5 Å². The summed E-state index contributed by atoms with van der Waals surface area (Å²) in [5.74, 6) is -0.195. The van der Waals surface area contributed by atoms with Gasteiger partial charge >= 0.3 is 0 Å². The number of rotatable bonds is 5. The van der Waals surface area contributed by atoms with Crippen molar-refractivity contribution < 1.29 is 4.39 Å². The minimum atomic E-state index is -0.195. The third kappa shape index (κ3) is 4.52. The SMILES string of the molecule is Fc1cccc(-c2cccc(N3CCC(NCc4ccncc4)CC3)c2)c1. The second kappa shape index (κ2) is 8.31. The predicted octanol–water partition coefficient (Wildman–Crippen LogP) is 4.65. The van der Waals surface area contributed by atoms with E-state index < -0.39 is 0 Å². The summed E-state index contributed by atoms with van der Waals surface area (Å²) in [5, 5.41) is 3.66. The van der Waals surface area contributed by atoms with Gasteiger partial charge in [0.15, 0.2) is 0 Å². The van der Waals surface area contributed by atoms with Crippen molar-refractivity contribution in [3.8, 4) is 11.1 Å². The first-order valence-electron chi connectivity index (χ1n) is 9.51. The van der Waals surface area contributed by atoms with E-state index in [-0.39, 0.29) is 5.82 Å². The Labute approximate surface area is 159 Å². The molecule has 1 aliphatic heterocycles. The molecule has 0 spiro atoms. The van der Waals surface area contributed by atoms with Crippen LogP contribution in [0.2, 0.25) is 0 Å². The monoisotopic (exact) mass is 361 g/mol. The molecule has 0 saturated carbocycles. The molecule has 1 aliphatic rings. The highest BCUT2D eigenvalue weighted by Gasteiger charge is 2.19. The molecule has 27 heavy (non-hydrogen) atoms. The molecule has 0 unspecified atom stereocenters. The molecule has 1 fully saturated rings. The quantitative estimate of drug-likeness (QED) is 0.717. The van der Waals surface area contributed by atoms with E-state index >= 15 is 0 Å². The summed E-state index contributed by atoms with van der Waals surface area (Å²) in [4.78, 5) is 6.49. The lowest BCUT2D eigenvalue weighted by molar-refractivity contribution is 0.414. The van der Waals surface area contributed by atoms with Gasteiger partial charge in [-0.05, 0) is 65.9 Å². The topological polar surface area (TPSA) is 28.2 Å². The van der Waals surface area contributed by atoms with Crippen molar-refractivity contribution in [3.63, 3.8) is 0 Å². The summed E-state index contributed by atoms with van der Waals surface area (Å²) in [5.41, 5.74) is 4.47. The number of nitrogens with one attached hydrogen (secondary N) is 1. The van der Waals surface area contributed by atoms with E-state index in [9.17, 15) is 4.39 Å². The van der Waals surface area contributed by atoms with Crippen LogP contribution in [0.3, 0.4) is 0 Å². The average Bonchev–Trinajstić information content (AvgIpc) is 2.73. The molecule has 3 aromatic rings. The fourth-order valence-electron chi connectivity index (χ4n) is 3.65. The van der Waals surface area contributed by atoms with Crippen LogP contribution >= 0.6 is 0 Å². The van der Waals surface area contributed by atoms with Gasteiger partial charge in [0.2, 0.25) is 0 Å². The summed E-state index contributed by atoms with van der Waals surface area (Å²) in [7, 11) is 0. The van der Waals surface area contributed by atoms with Gasteiger partial charge in [0.25, 0.3) is 0 Å². The van der Waals surface area contributed by atoms with Crippen molar-refractivity contribution in [1.82, 2.24) is 10.3 Å². The highest BCUT2D eigenvalue weighted by atomic mass is 19.1. The lowest BCUT2D eigenvalue weighted by Crippen LogP contribution is -2.42. The molecule has 4 rings (SSSR count). The smallest absolute Gasteiger partial charge is 0.123 e. The largest absolute Gasteiger partial charge is 0.371 e. The van der Waals surface area contributed by atoms with Gasteiger partial charge in [-0.15, -0.1) is 0 Å². The lowest BCUT2D eigenvalue weighted by atomic mass is 10.0. The van der Waals surface area contributed by atoms with Crippen LogP contribution in [0.25, 0.3) is 11.1 Å². The van der Waals surface area contributed by atoms with Gasteiger partial charge in [0.05, 0.1) is 0 Å². The van der Waals surface area contributed by atoms with Gasteiger partial charge in [-0.3, -0.25) is 4.98 Å². The van der Waals surface area contributed by atoms with Gasteiger partial charge < -0.3 is 10.2 Å².